The van der Waals surface area contributed by atoms with Gasteiger partial charge in [-0.1, -0.05) is 6.07 Å². The smallest absolute Gasteiger partial charge is 0.272 e. The van der Waals surface area contributed by atoms with Crippen LogP contribution < -0.4 is 15.5 Å². The molecule has 1 unspecified atom stereocenters. The van der Waals surface area contributed by atoms with Crippen molar-refractivity contribution in [3.05, 3.63) is 59.3 Å². The number of carbonyl (C=O) groups excluding carboxylic acids is 1. The highest BCUT2D eigenvalue weighted by Gasteiger charge is 2.57. The van der Waals surface area contributed by atoms with Crippen LogP contribution in [0.25, 0.3) is 10.9 Å². The molecular weight excluding hydrogens is 436 g/mol. The van der Waals surface area contributed by atoms with E-state index >= 15 is 0 Å². The number of benzene rings is 2. The predicted molar refractivity (Wildman–Crippen MR) is 119 cm³/mol. The van der Waals surface area contributed by atoms with Crippen molar-refractivity contribution >= 4 is 28.2 Å². The van der Waals surface area contributed by atoms with Crippen LogP contribution in [0.5, 0.6) is 0 Å². The number of aromatic nitrogens is 1. The molecule has 3 N–H and O–H groups in total. The summed E-state index contributed by atoms with van der Waals surface area (Å²) >= 11 is 0. The van der Waals surface area contributed by atoms with Crippen LogP contribution in [0.15, 0.2) is 36.4 Å². The average Bonchev–Trinajstić information content (AvgIpc) is 3.40. The summed E-state index contributed by atoms with van der Waals surface area (Å²) in [5, 5.41) is 5.68. The minimum Gasteiger partial charge on any atom is -0.371 e. The van der Waals surface area contributed by atoms with Gasteiger partial charge in [0.15, 0.2) is 0 Å². The van der Waals surface area contributed by atoms with E-state index in [1.54, 1.807) is 24.0 Å². The van der Waals surface area contributed by atoms with Gasteiger partial charge in [0.25, 0.3) is 11.8 Å². The third kappa shape index (κ3) is 3.74. The molecule has 0 saturated carbocycles. The molecule has 1 atom stereocenters. The maximum absolute atomic E-state index is 14.7. The summed E-state index contributed by atoms with van der Waals surface area (Å²) in [6, 6.07) is 8.39. The van der Waals surface area contributed by atoms with Crippen LogP contribution in [0.4, 0.5) is 28.9 Å². The lowest BCUT2D eigenvalue weighted by molar-refractivity contribution is -0.128. The number of fused-ring (bicyclic) bond motifs is 1. The zero-order chi connectivity index (χ0) is 23.4. The lowest BCUT2D eigenvalue weighted by atomic mass is 9.75. The van der Waals surface area contributed by atoms with Gasteiger partial charge in [-0.15, -0.1) is 0 Å². The first-order valence-corrected chi connectivity index (χ1v) is 10.9. The topological polar surface area (TPSA) is 60.2 Å². The Bertz CT molecular complexity index is 1200. The number of anilines is 2. The highest BCUT2D eigenvalue weighted by atomic mass is 19.3. The number of carbonyl (C=O) groups is 1. The minimum atomic E-state index is -2.84. The van der Waals surface area contributed by atoms with Crippen LogP contribution in [0.1, 0.15) is 28.9 Å². The molecule has 1 amide bonds. The second-order valence-electron chi connectivity index (χ2n) is 9.07. The molecule has 2 fully saturated rings. The second kappa shape index (κ2) is 7.76. The zero-order valence-corrected chi connectivity index (χ0v) is 18.1. The Balaban J connectivity index is 1.38. The average molecular weight is 460 g/mol. The van der Waals surface area contributed by atoms with Crippen LogP contribution in [0.3, 0.4) is 0 Å². The van der Waals surface area contributed by atoms with E-state index in [1.807, 2.05) is 0 Å². The molecule has 3 heterocycles. The molecule has 5 nitrogen and oxygen atoms in total. The summed E-state index contributed by atoms with van der Waals surface area (Å²) in [6.07, 6.45) is 0.672. The predicted octanol–water partition coefficient (Wildman–Crippen LogP) is 4.83. The molecule has 2 aliphatic rings. The third-order valence-electron chi connectivity index (χ3n) is 6.96. The number of amides is 1. The number of halogens is 4. The highest BCUT2D eigenvalue weighted by molar-refractivity contribution is 6.06. The number of nitrogens with zero attached hydrogens (tertiary/aromatic N) is 1. The molecule has 1 spiro atoms. The van der Waals surface area contributed by atoms with Gasteiger partial charge in [0.05, 0.1) is 17.5 Å². The fourth-order valence-corrected chi connectivity index (χ4v) is 5.01. The normalized spacial score (nSPS) is 22.3. The van der Waals surface area contributed by atoms with Crippen LogP contribution >= 0.6 is 0 Å². The van der Waals surface area contributed by atoms with Gasteiger partial charge in [-0.3, -0.25) is 4.79 Å². The van der Waals surface area contributed by atoms with E-state index in [1.165, 1.54) is 24.3 Å². The number of hydrogen-bond acceptors (Lipinski definition) is 3. The van der Waals surface area contributed by atoms with Crippen LogP contribution in [0.2, 0.25) is 0 Å². The SMILES string of the molecule is Cc1ccc(F)c2cc(C(=O)Nc3cc(F)cc(N4CCC5(CCNCC5(F)F)C4)c3)[nH]c12. The van der Waals surface area contributed by atoms with Crippen molar-refractivity contribution in [2.75, 3.05) is 36.4 Å². The van der Waals surface area contributed by atoms with Gasteiger partial charge in [-0.2, -0.15) is 0 Å². The van der Waals surface area contributed by atoms with Crippen molar-refractivity contribution in [3.8, 4) is 0 Å². The largest absolute Gasteiger partial charge is 0.371 e. The summed E-state index contributed by atoms with van der Waals surface area (Å²) in [5.41, 5.74) is 0.944. The molecular formula is C24H24F4N4O. The molecule has 9 heteroatoms. The standard InChI is InChI=1S/C24H24F4N4O/c1-14-2-3-19(26)18-11-20(31-21(14)18)22(33)30-16-8-15(25)9-17(10-16)32-7-5-23(13-32)4-6-29-12-24(23,27)28/h2-3,8-11,29,31H,4-7,12-13H2,1H3,(H,30,33). The van der Waals surface area contributed by atoms with E-state index in [-0.39, 0.29) is 24.5 Å². The van der Waals surface area contributed by atoms with Gasteiger partial charge < -0.3 is 20.5 Å². The zero-order valence-electron chi connectivity index (χ0n) is 18.1. The summed E-state index contributed by atoms with van der Waals surface area (Å²) in [7, 11) is 0. The Hall–Kier alpha value is -3.07. The van der Waals surface area contributed by atoms with E-state index in [4.69, 9.17) is 0 Å². The fourth-order valence-electron chi connectivity index (χ4n) is 5.01. The number of aryl methyl sites for hydroxylation is 1. The van der Waals surface area contributed by atoms with Gasteiger partial charge in [-0.25, -0.2) is 17.6 Å². The Kier molecular flexibility index (Phi) is 5.12. The maximum atomic E-state index is 14.7. The van der Waals surface area contributed by atoms with E-state index in [0.29, 0.717) is 42.5 Å². The minimum absolute atomic E-state index is 0.124. The van der Waals surface area contributed by atoms with E-state index in [2.05, 4.69) is 15.6 Å². The molecule has 0 bridgehead atoms. The summed E-state index contributed by atoms with van der Waals surface area (Å²) < 4.78 is 57.8. The van der Waals surface area contributed by atoms with Crippen LogP contribution in [0, 0.1) is 24.0 Å². The van der Waals surface area contributed by atoms with E-state index in [9.17, 15) is 22.4 Å². The Labute approximate surface area is 188 Å². The van der Waals surface area contributed by atoms with Gasteiger partial charge in [0, 0.05) is 29.9 Å². The van der Waals surface area contributed by atoms with Gasteiger partial charge in [-0.05, 0) is 62.2 Å². The maximum Gasteiger partial charge on any atom is 0.272 e. The summed E-state index contributed by atoms with van der Waals surface area (Å²) in [6.45, 7) is 2.48. The Morgan fingerprint density at radius 1 is 1.12 bits per heavy atom. The summed E-state index contributed by atoms with van der Waals surface area (Å²) in [5.74, 6) is -4.42. The van der Waals surface area contributed by atoms with E-state index < -0.39 is 28.9 Å². The number of rotatable bonds is 3. The number of H-pyrrole nitrogens is 1. The van der Waals surface area contributed by atoms with Crippen LogP contribution in [-0.2, 0) is 0 Å². The molecule has 2 aliphatic heterocycles. The first kappa shape index (κ1) is 21.8. The first-order chi connectivity index (χ1) is 15.7. The van der Waals surface area contributed by atoms with Crippen LogP contribution in [-0.4, -0.2) is 43.0 Å². The number of alkyl halides is 2. The van der Waals surface area contributed by atoms with E-state index in [0.717, 1.165) is 5.56 Å². The molecule has 0 aliphatic carbocycles. The van der Waals surface area contributed by atoms with Crippen molar-refractivity contribution < 1.29 is 22.4 Å². The lowest BCUT2D eigenvalue weighted by Gasteiger charge is -2.41. The number of aromatic amines is 1. The Morgan fingerprint density at radius 2 is 1.94 bits per heavy atom. The fraction of sp³-hybridized carbons (Fsp3) is 0.375. The first-order valence-electron chi connectivity index (χ1n) is 10.9. The molecule has 3 aromatic rings. The van der Waals surface area contributed by atoms with Crippen molar-refractivity contribution in [2.45, 2.75) is 25.7 Å². The van der Waals surface area contributed by atoms with Gasteiger partial charge in [0.1, 0.15) is 17.3 Å². The van der Waals surface area contributed by atoms with Crippen molar-refractivity contribution in [1.29, 1.82) is 0 Å². The van der Waals surface area contributed by atoms with Gasteiger partial charge >= 0.3 is 0 Å². The van der Waals surface area contributed by atoms with Crippen molar-refractivity contribution in [1.82, 2.24) is 10.3 Å². The molecule has 174 valence electrons. The molecule has 2 aromatic carbocycles. The number of hydrogen-bond donors (Lipinski definition) is 3. The third-order valence-corrected chi connectivity index (χ3v) is 6.96. The number of nitrogens with one attached hydrogen (secondary N) is 3. The quantitative estimate of drug-likeness (QED) is 0.491. The van der Waals surface area contributed by atoms with Gasteiger partial charge in [0.2, 0.25) is 0 Å². The number of piperidine rings is 1. The molecule has 2 saturated heterocycles. The van der Waals surface area contributed by atoms with Crippen molar-refractivity contribution in [3.63, 3.8) is 0 Å². The Morgan fingerprint density at radius 3 is 2.70 bits per heavy atom. The lowest BCUT2D eigenvalue weighted by Crippen LogP contribution is -2.55. The monoisotopic (exact) mass is 460 g/mol. The molecule has 1 aromatic heterocycles. The molecule has 5 rings (SSSR count). The van der Waals surface area contributed by atoms with Crippen molar-refractivity contribution in [2.24, 2.45) is 5.41 Å². The molecule has 33 heavy (non-hydrogen) atoms. The highest BCUT2D eigenvalue weighted by Crippen LogP contribution is 2.49. The summed E-state index contributed by atoms with van der Waals surface area (Å²) in [4.78, 5) is 17.4. The second-order valence-corrected chi connectivity index (χ2v) is 9.07. The molecule has 0 radical (unpaired) electrons.